The first-order chi connectivity index (χ1) is 9.56. The first kappa shape index (κ1) is 14.1. The van der Waals surface area contributed by atoms with Crippen LogP contribution in [0.15, 0.2) is 46.2 Å². The van der Waals surface area contributed by atoms with Crippen LogP contribution in [0.3, 0.4) is 0 Å². The van der Waals surface area contributed by atoms with Crippen molar-refractivity contribution in [1.29, 1.82) is 0 Å². The van der Waals surface area contributed by atoms with E-state index >= 15 is 0 Å². The van der Waals surface area contributed by atoms with E-state index in [4.69, 9.17) is 0 Å². The Balaban J connectivity index is 2.16. The van der Waals surface area contributed by atoms with E-state index in [1.54, 1.807) is 31.5 Å². The summed E-state index contributed by atoms with van der Waals surface area (Å²) in [4.78, 5) is 18.3. The fraction of sp³-hybridized carbons (Fsp3) is 0.0833. The molecule has 1 N–H and O–H groups in total. The van der Waals surface area contributed by atoms with Gasteiger partial charge in [-0.25, -0.2) is 15.4 Å². The number of rotatable bonds is 4. The molecule has 102 valence electrons. The van der Waals surface area contributed by atoms with Crippen molar-refractivity contribution in [3.05, 3.63) is 56.8 Å². The van der Waals surface area contributed by atoms with Gasteiger partial charge in [0.15, 0.2) is 0 Å². The van der Waals surface area contributed by atoms with Crippen molar-refractivity contribution in [2.75, 3.05) is 5.43 Å². The average Bonchev–Trinajstić information content (AvgIpc) is 2.46. The van der Waals surface area contributed by atoms with Crippen LogP contribution in [0.1, 0.15) is 12.5 Å². The van der Waals surface area contributed by atoms with E-state index < -0.39 is 4.92 Å². The smallest absolute Gasteiger partial charge is 0.258 e. The first-order valence-electron chi connectivity index (χ1n) is 5.59. The van der Waals surface area contributed by atoms with Crippen LogP contribution in [-0.4, -0.2) is 20.6 Å². The van der Waals surface area contributed by atoms with E-state index in [1.807, 2.05) is 0 Å². The molecule has 0 radical (unpaired) electrons. The van der Waals surface area contributed by atoms with Crippen LogP contribution in [0.5, 0.6) is 0 Å². The molecule has 0 atom stereocenters. The number of hydrogen-bond donors (Lipinski definition) is 1. The Labute approximate surface area is 123 Å². The molecular weight excluding hydrogens is 326 g/mol. The van der Waals surface area contributed by atoms with Gasteiger partial charge in [-0.3, -0.25) is 10.1 Å². The van der Waals surface area contributed by atoms with Gasteiger partial charge in [-0.15, -0.1) is 0 Å². The molecule has 0 saturated heterocycles. The molecule has 1 heterocycles. The van der Waals surface area contributed by atoms with Crippen LogP contribution >= 0.6 is 15.9 Å². The highest BCUT2D eigenvalue weighted by atomic mass is 79.9. The average molecular weight is 336 g/mol. The Hall–Kier alpha value is -2.35. The van der Waals surface area contributed by atoms with Gasteiger partial charge in [-0.1, -0.05) is 12.1 Å². The van der Waals surface area contributed by atoms with Crippen molar-refractivity contribution in [2.24, 2.45) is 5.10 Å². The van der Waals surface area contributed by atoms with E-state index in [9.17, 15) is 10.1 Å². The van der Waals surface area contributed by atoms with Crippen molar-refractivity contribution >= 4 is 33.3 Å². The van der Waals surface area contributed by atoms with Crippen LogP contribution in [0, 0.1) is 10.1 Å². The number of hydrazone groups is 1. The Kier molecular flexibility index (Phi) is 4.36. The zero-order chi connectivity index (χ0) is 14.5. The Bertz CT molecular complexity index is 657. The highest BCUT2D eigenvalue weighted by Gasteiger charge is 2.07. The fourth-order valence-corrected chi connectivity index (χ4v) is 1.62. The number of nitro groups is 1. The van der Waals surface area contributed by atoms with Gasteiger partial charge >= 0.3 is 0 Å². The number of halogens is 1. The van der Waals surface area contributed by atoms with Gasteiger partial charge in [-0.2, -0.15) is 5.10 Å². The topological polar surface area (TPSA) is 93.3 Å². The molecule has 0 amide bonds. The van der Waals surface area contributed by atoms with Crippen molar-refractivity contribution in [3.8, 4) is 0 Å². The lowest BCUT2D eigenvalue weighted by Gasteiger charge is -2.02. The lowest BCUT2D eigenvalue weighted by Crippen LogP contribution is -2.02. The van der Waals surface area contributed by atoms with E-state index in [0.29, 0.717) is 17.2 Å². The van der Waals surface area contributed by atoms with Gasteiger partial charge in [0.1, 0.15) is 0 Å². The first-order valence-corrected chi connectivity index (χ1v) is 6.38. The van der Waals surface area contributed by atoms with E-state index in [1.165, 1.54) is 12.1 Å². The van der Waals surface area contributed by atoms with Crippen molar-refractivity contribution in [1.82, 2.24) is 9.97 Å². The number of anilines is 1. The minimum Gasteiger partial charge on any atom is -0.258 e. The Morgan fingerprint density at radius 2 is 2.10 bits per heavy atom. The lowest BCUT2D eigenvalue weighted by molar-refractivity contribution is -0.384. The molecule has 8 heteroatoms. The predicted molar refractivity (Wildman–Crippen MR) is 78.7 cm³/mol. The molecule has 0 unspecified atom stereocenters. The molecule has 0 saturated carbocycles. The van der Waals surface area contributed by atoms with E-state index in [0.717, 1.165) is 4.47 Å². The predicted octanol–water partition coefficient (Wildman–Crippen LogP) is 2.98. The second kappa shape index (κ2) is 6.20. The number of non-ortho nitro benzene ring substituents is 1. The Morgan fingerprint density at radius 1 is 1.40 bits per heavy atom. The van der Waals surface area contributed by atoms with Crippen molar-refractivity contribution in [2.45, 2.75) is 6.92 Å². The van der Waals surface area contributed by atoms with Crippen molar-refractivity contribution in [3.63, 3.8) is 0 Å². The maximum atomic E-state index is 10.7. The summed E-state index contributed by atoms with van der Waals surface area (Å²) in [7, 11) is 0. The van der Waals surface area contributed by atoms with Gasteiger partial charge in [0, 0.05) is 30.1 Å². The molecule has 0 bridgehead atoms. The summed E-state index contributed by atoms with van der Waals surface area (Å²) in [5, 5.41) is 14.8. The lowest BCUT2D eigenvalue weighted by atomic mass is 10.1. The molecule has 20 heavy (non-hydrogen) atoms. The minimum atomic E-state index is -0.442. The van der Waals surface area contributed by atoms with Gasteiger partial charge in [-0.05, 0) is 22.9 Å². The molecule has 2 aromatic rings. The zero-order valence-corrected chi connectivity index (χ0v) is 12.0. The largest absolute Gasteiger partial charge is 0.270 e. The highest BCUT2D eigenvalue weighted by Crippen LogP contribution is 2.14. The molecule has 2 rings (SSSR count). The molecule has 7 nitrogen and oxygen atoms in total. The van der Waals surface area contributed by atoms with Crippen LogP contribution in [0.25, 0.3) is 0 Å². The molecule has 0 aliphatic carbocycles. The van der Waals surface area contributed by atoms with Gasteiger partial charge < -0.3 is 0 Å². The van der Waals surface area contributed by atoms with Crippen LogP contribution < -0.4 is 5.43 Å². The molecule has 0 fully saturated rings. The molecular formula is C12H10BrN5O2. The normalized spacial score (nSPS) is 11.2. The van der Waals surface area contributed by atoms with Gasteiger partial charge in [0.25, 0.3) is 5.69 Å². The molecule has 1 aromatic heterocycles. The monoisotopic (exact) mass is 335 g/mol. The fourth-order valence-electron chi connectivity index (χ4n) is 1.41. The van der Waals surface area contributed by atoms with Crippen LogP contribution in [0.2, 0.25) is 0 Å². The Morgan fingerprint density at radius 3 is 2.75 bits per heavy atom. The number of nitrogens with zero attached hydrogens (tertiary/aromatic N) is 4. The molecule has 1 aromatic carbocycles. The summed E-state index contributed by atoms with van der Waals surface area (Å²) in [5.41, 5.74) is 3.97. The second-order valence-corrected chi connectivity index (χ2v) is 4.76. The van der Waals surface area contributed by atoms with E-state index in [2.05, 4.69) is 36.4 Å². The maximum Gasteiger partial charge on any atom is 0.270 e. The highest BCUT2D eigenvalue weighted by molar-refractivity contribution is 9.10. The number of nitrogens with one attached hydrogen (secondary N) is 1. The third-order valence-corrected chi connectivity index (χ3v) is 2.83. The summed E-state index contributed by atoms with van der Waals surface area (Å²) in [6, 6.07) is 6.25. The third kappa shape index (κ3) is 3.58. The second-order valence-electron chi connectivity index (χ2n) is 3.84. The van der Waals surface area contributed by atoms with E-state index in [-0.39, 0.29) is 5.69 Å². The zero-order valence-electron chi connectivity index (χ0n) is 10.4. The summed E-state index contributed by atoms with van der Waals surface area (Å²) >= 11 is 3.23. The van der Waals surface area contributed by atoms with Crippen molar-refractivity contribution < 1.29 is 4.92 Å². The number of nitro benzene ring substituents is 1. The van der Waals surface area contributed by atoms with Crippen LogP contribution in [0.4, 0.5) is 11.6 Å². The van der Waals surface area contributed by atoms with Gasteiger partial charge in [0.2, 0.25) is 5.95 Å². The quantitative estimate of drug-likeness (QED) is 0.526. The number of aromatic nitrogens is 2. The third-order valence-electron chi connectivity index (χ3n) is 2.42. The summed E-state index contributed by atoms with van der Waals surface area (Å²) in [6.07, 6.45) is 3.18. The number of benzene rings is 1. The summed E-state index contributed by atoms with van der Waals surface area (Å²) in [6.45, 7) is 1.74. The van der Waals surface area contributed by atoms with Crippen LogP contribution in [-0.2, 0) is 0 Å². The molecule has 0 spiro atoms. The molecule has 0 aliphatic heterocycles. The SMILES string of the molecule is C/C(=N/Nc1ncc(Br)cn1)c1cccc([N+](=O)[O-])c1. The maximum absolute atomic E-state index is 10.7. The minimum absolute atomic E-state index is 0.0249. The van der Waals surface area contributed by atoms with Gasteiger partial charge in [0.05, 0.1) is 15.1 Å². The molecule has 0 aliphatic rings. The summed E-state index contributed by atoms with van der Waals surface area (Å²) < 4.78 is 0.766. The number of hydrogen-bond acceptors (Lipinski definition) is 6. The summed E-state index contributed by atoms with van der Waals surface area (Å²) in [5.74, 6) is 0.345. The standard InChI is InChI=1S/C12H10BrN5O2/c1-8(9-3-2-4-11(5-9)18(19)20)16-17-12-14-6-10(13)7-15-12/h2-7H,1H3,(H,14,15,17)/b16-8-.